The van der Waals surface area contributed by atoms with E-state index in [1.165, 1.54) is 18.6 Å². The number of rotatable bonds is 5. The maximum atomic E-state index is 4.73. The first-order chi connectivity index (χ1) is 9.17. The second-order valence-electron chi connectivity index (χ2n) is 5.39. The second kappa shape index (κ2) is 6.46. The van der Waals surface area contributed by atoms with Crippen LogP contribution in [0.1, 0.15) is 33.6 Å². The van der Waals surface area contributed by atoms with Gasteiger partial charge in [0.05, 0.1) is 6.54 Å². The summed E-state index contributed by atoms with van der Waals surface area (Å²) in [5.41, 5.74) is 0.418. The van der Waals surface area contributed by atoms with Crippen molar-refractivity contribution in [2.75, 3.05) is 12.3 Å². The Balaban J connectivity index is 1.85. The van der Waals surface area contributed by atoms with Crippen LogP contribution in [0.4, 0.5) is 0 Å². The largest absolute Gasteiger partial charge is 0.361 e. The summed E-state index contributed by atoms with van der Waals surface area (Å²) in [6.45, 7) is 8.56. The second-order valence-corrected chi connectivity index (χ2v) is 6.35. The summed E-state index contributed by atoms with van der Waals surface area (Å²) in [5, 5.41) is 8.82. The first-order valence-electron chi connectivity index (χ1n) is 7.08. The van der Waals surface area contributed by atoms with Gasteiger partial charge in [-0.25, -0.2) is 0 Å². The van der Waals surface area contributed by atoms with E-state index in [0.29, 0.717) is 11.5 Å². The molecule has 0 spiro atoms. The molecule has 1 N–H and O–H groups in total. The van der Waals surface area contributed by atoms with Gasteiger partial charge in [0, 0.05) is 30.7 Å². The molecule has 1 aromatic heterocycles. The number of aliphatic imine (C=N–C) groups is 1. The van der Waals surface area contributed by atoms with E-state index in [1.807, 2.05) is 34.9 Å². The number of thioether (sulfide) groups is 1. The van der Waals surface area contributed by atoms with E-state index < -0.39 is 0 Å². The first kappa shape index (κ1) is 14.4. The number of aromatic nitrogens is 2. The predicted octanol–water partition coefficient (Wildman–Crippen LogP) is 2.77. The normalized spacial score (nSPS) is 19.8. The molecule has 1 atom stereocenters. The molecule has 1 unspecified atom stereocenters. The van der Waals surface area contributed by atoms with Crippen LogP contribution in [0.5, 0.6) is 0 Å². The Kier molecular flexibility index (Phi) is 4.91. The van der Waals surface area contributed by atoms with Crippen LogP contribution in [0.15, 0.2) is 23.5 Å². The molecule has 0 radical (unpaired) electrons. The molecule has 19 heavy (non-hydrogen) atoms. The third kappa shape index (κ3) is 3.75. The minimum atomic E-state index is 0.349. The smallest absolute Gasteiger partial charge is 0.156 e. The van der Waals surface area contributed by atoms with E-state index in [9.17, 15) is 0 Å². The zero-order chi connectivity index (χ0) is 13.7. The van der Waals surface area contributed by atoms with Crippen LogP contribution >= 0.6 is 11.8 Å². The Labute approximate surface area is 120 Å². The lowest BCUT2D eigenvalue weighted by Gasteiger charge is -2.34. The molecule has 1 aliphatic rings. The molecule has 0 aliphatic carbocycles. The highest BCUT2D eigenvalue weighted by Crippen LogP contribution is 2.34. The third-order valence-electron chi connectivity index (χ3n) is 3.96. The fourth-order valence-electron chi connectivity index (χ4n) is 2.26. The lowest BCUT2D eigenvalue weighted by molar-refractivity contribution is 0.317. The summed E-state index contributed by atoms with van der Waals surface area (Å²) in [4.78, 5) is 4.73. The van der Waals surface area contributed by atoms with Crippen LogP contribution in [0, 0.1) is 5.41 Å². The van der Waals surface area contributed by atoms with Crippen LogP contribution in [-0.2, 0) is 6.54 Å². The van der Waals surface area contributed by atoms with E-state index >= 15 is 0 Å². The average molecular weight is 280 g/mol. The fraction of sp³-hybridized carbons (Fsp3) is 0.714. The monoisotopic (exact) mass is 280 g/mol. The predicted molar refractivity (Wildman–Crippen MR) is 82.6 cm³/mol. The van der Waals surface area contributed by atoms with Crippen molar-refractivity contribution in [1.29, 1.82) is 0 Å². The number of nitrogens with zero attached hydrogens (tertiary/aromatic N) is 3. The molecular formula is C14H24N4S. The summed E-state index contributed by atoms with van der Waals surface area (Å²) in [6.07, 6.45) is 6.25. The van der Waals surface area contributed by atoms with Gasteiger partial charge in [0.2, 0.25) is 0 Å². The molecule has 0 saturated heterocycles. The summed E-state index contributed by atoms with van der Waals surface area (Å²) in [7, 11) is 0. The van der Waals surface area contributed by atoms with Gasteiger partial charge in [-0.3, -0.25) is 9.67 Å². The molecule has 4 nitrogen and oxygen atoms in total. The third-order valence-corrected chi connectivity index (χ3v) is 5.24. The maximum Gasteiger partial charge on any atom is 0.156 e. The summed E-state index contributed by atoms with van der Waals surface area (Å²) < 4.78 is 1.95. The van der Waals surface area contributed by atoms with Gasteiger partial charge >= 0.3 is 0 Å². The quantitative estimate of drug-likeness (QED) is 0.902. The van der Waals surface area contributed by atoms with Gasteiger partial charge in [0.1, 0.15) is 0 Å². The lowest BCUT2D eigenvalue weighted by atomic mass is 9.84. The molecule has 0 amide bonds. The molecule has 0 saturated carbocycles. The van der Waals surface area contributed by atoms with Gasteiger partial charge in [-0.05, 0) is 31.2 Å². The Bertz CT molecular complexity index is 409. The van der Waals surface area contributed by atoms with Crippen molar-refractivity contribution in [2.45, 2.75) is 46.2 Å². The Hall–Kier alpha value is -0.970. The van der Waals surface area contributed by atoms with Crippen molar-refractivity contribution in [3.05, 3.63) is 18.5 Å². The minimum absolute atomic E-state index is 0.349. The highest BCUT2D eigenvalue weighted by atomic mass is 32.2. The van der Waals surface area contributed by atoms with E-state index in [2.05, 4.69) is 31.2 Å². The molecule has 1 aliphatic heterocycles. The number of nitrogens with one attached hydrogen (secondary N) is 1. The van der Waals surface area contributed by atoms with E-state index in [-0.39, 0.29) is 0 Å². The summed E-state index contributed by atoms with van der Waals surface area (Å²) in [5.74, 6) is 1.18. The number of hydrogen-bond acceptors (Lipinski definition) is 4. The van der Waals surface area contributed by atoms with Crippen LogP contribution < -0.4 is 5.32 Å². The molecule has 106 valence electrons. The molecule has 2 heterocycles. The molecule has 2 rings (SSSR count). The zero-order valence-corrected chi connectivity index (χ0v) is 12.9. The molecule has 0 aromatic carbocycles. The van der Waals surface area contributed by atoms with E-state index in [0.717, 1.165) is 18.3 Å². The standard InChI is InChI=1S/C14H24N4S/c1-4-14(5-2)10-15-13(19-11-14)17-12(3)9-18-8-6-7-16-18/h6-8,12H,4-5,9-11H2,1-3H3,(H,15,17). The van der Waals surface area contributed by atoms with Crippen LogP contribution in [0.3, 0.4) is 0 Å². The van der Waals surface area contributed by atoms with Crippen molar-refractivity contribution in [3.8, 4) is 0 Å². The minimum Gasteiger partial charge on any atom is -0.361 e. The van der Waals surface area contributed by atoms with Crippen molar-refractivity contribution in [2.24, 2.45) is 10.4 Å². The molecule has 1 aromatic rings. The Morgan fingerprint density at radius 2 is 2.26 bits per heavy atom. The average Bonchev–Trinajstić information content (AvgIpc) is 2.93. The SMILES string of the molecule is CCC1(CC)CN=C(NC(C)Cn2cccn2)SC1. The van der Waals surface area contributed by atoms with Crippen LogP contribution in [-0.4, -0.2) is 33.3 Å². The first-order valence-corrected chi connectivity index (χ1v) is 8.07. The number of amidine groups is 1. The topological polar surface area (TPSA) is 42.2 Å². The van der Waals surface area contributed by atoms with E-state index in [1.54, 1.807) is 0 Å². The van der Waals surface area contributed by atoms with Crippen molar-refractivity contribution in [1.82, 2.24) is 15.1 Å². The maximum absolute atomic E-state index is 4.73. The Morgan fingerprint density at radius 3 is 2.79 bits per heavy atom. The van der Waals surface area contributed by atoms with E-state index in [4.69, 9.17) is 4.99 Å². The zero-order valence-electron chi connectivity index (χ0n) is 12.1. The number of hydrogen-bond donors (Lipinski definition) is 1. The van der Waals surface area contributed by atoms with Crippen LogP contribution in [0.25, 0.3) is 0 Å². The highest BCUT2D eigenvalue weighted by molar-refractivity contribution is 8.13. The van der Waals surface area contributed by atoms with Crippen LogP contribution in [0.2, 0.25) is 0 Å². The van der Waals surface area contributed by atoms with Gasteiger partial charge in [0.25, 0.3) is 0 Å². The summed E-state index contributed by atoms with van der Waals surface area (Å²) >= 11 is 1.87. The molecule has 0 bridgehead atoms. The van der Waals surface area contributed by atoms with Gasteiger partial charge in [-0.1, -0.05) is 25.6 Å². The van der Waals surface area contributed by atoms with Gasteiger partial charge < -0.3 is 5.32 Å². The van der Waals surface area contributed by atoms with Crippen molar-refractivity contribution >= 4 is 16.9 Å². The Morgan fingerprint density at radius 1 is 1.47 bits per heavy atom. The fourth-order valence-corrected chi connectivity index (χ4v) is 3.65. The molecule has 5 heteroatoms. The summed E-state index contributed by atoms with van der Waals surface area (Å²) in [6, 6.07) is 2.30. The van der Waals surface area contributed by atoms with Crippen molar-refractivity contribution < 1.29 is 0 Å². The van der Waals surface area contributed by atoms with Gasteiger partial charge in [-0.2, -0.15) is 5.10 Å². The molecular weight excluding hydrogens is 256 g/mol. The van der Waals surface area contributed by atoms with Gasteiger partial charge in [0.15, 0.2) is 5.17 Å². The lowest BCUT2D eigenvalue weighted by Crippen LogP contribution is -2.39. The molecule has 0 fully saturated rings. The van der Waals surface area contributed by atoms with Crippen molar-refractivity contribution in [3.63, 3.8) is 0 Å². The highest BCUT2D eigenvalue weighted by Gasteiger charge is 2.30. The van der Waals surface area contributed by atoms with Gasteiger partial charge in [-0.15, -0.1) is 0 Å².